The summed E-state index contributed by atoms with van der Waals surface area (Å²) < 4.78 is 0. The van der Waals surface area contributed by atoms with Gasteiger partial charge in [-0.25, -0.2) is 4.98 Å². The van der Waals surface area contributed by atoms with Crippen molar-refractivity contribution in [3.63, 3.8) is 0 Å². The zero-order valence-electron chi connectivity index (χ0n) is 12.0. The second-order valence-electron chi connectivity index (χ2n) is 5.92. The number of anilines is 1. The van der Waals surface area contributed by atoms with Crippen molar-refractivity contribution >= 4 is 17.4 Å². The van der Waals surface area contributed by atoms with Crippen molar-refractivity contribution < 1.29 is 5.11 Å². The van der Waals surface area contributed by atoms with Crippen LogP contribution in [0, 0.1) is 5.92 Å². The quantitative estimate of drug-likeness (QED) is 0.924. The smallest absolute Gasteiger partial charge is 0.147 e. The Labute approximate surface area is 120 Å². The summed E-state index contributed by atoms with van der Waals surface area (Å²) in [5.74, 6) is 1.24. The maximum absolute atomic E-state index is 10.1. The second kappa shape index (κ2) is 5.68. The van der Waals surface area contributed by atoms with Crippen LogP contribution in [0.2, 0.25) is 5.02 Å². The monoisotopic (exact) mass is 282 g/mol. The number of aliphatic hydroxyl groups is 1. The summed E-state index contributed by atoms with van der Waals surface area (Å²) in [4.78, 5) is 6.72. The third kappa shape index (κ3) is 3.40. The maximum atomic E-state index is 10.1. The van der Waals surface area contributed by atoms with Gasteiger partial charge in [0.25, 0.3) is 0 Å². The van der Waals surface area contributed by atoms with Crippen LogP contribution in [0.5, 0.6) is 0 Å². The average Bonchev–Trinajstić information content (AvgIpc) is 2.37. The Morgan fingerprint density at radius 3 is 2.53 bits per heavy atom. The molecule has 0 aliphatic carbocycles. The normalized spacial score (nSPS) is 17.8. The van der Waals surface area contributed by atoms with Crippen LogP contribution in [-0.4, -0.2) is 28.8 Å². The maximum Gasteiger partial charge on any atom is 0.147 e. The van der Waals surface area contributed by atoms with Crippen molar-refractivity contribution in [3.8, 4) is 0 Å². The lowest BCUT2D eigenvalue weighted by atomic mass is 9.83. The van der Waals surface area contributed by atoms with Crippen LogP contribution in [0.3, 0.4) is 0 Å². The Hall–Kier alpha value is -0.800. The van der Waals surface area contributed by atoms with E-state index in [4.69, 9.17) is 11.6 Å². The summed E-state index contributed by atoms with van der Waals surface area (Å²) in [5.41, 5.74) is 0.579. The van der Waals surface area contributed by atoms with E-state index in [2.05, 4.69) is 16.8 Å². The van der Waals surface area contributed by atoms with Gasteiger partial charge in [0.05, 0.1) is 10.6 Å². The molecule has 2 heterocycles. The zero-order chi connectivity index (χ0) is 14.0. The minimum Gasteiger partial charge on any atom is -0.390 e. The van der Waals surface area contributed by atoms with Crippen LogP contribution in [0.1, 0.15) is 39.2 Å². The molecule has 3 nitrogen and oxygen atoms in total. The van der Waals surface area contributed by atoms with E-state index in [1.807, 2.05) is 26.1 Å². The molecule has 1 aliphatic heterocycles. The molecule has 0 saturated carbocycles. The lowest BCUT2D eigenvalue weighted by Gasteiger charge is -2.38. The molecule has 1 aliphatic rings. The number of aryl methyl sites for hydroxylation is 1. The summed E-state index contributed by atoms with van der Waals surface area (Å²) in [7, 11) is 0. The summed E-state index contributed by atoms with van der Waals surface area (Å²) in [6, 6.07) is 2.01. The average molecular weight is 283 g/mol. The van der Waals surface area contributed by atoms with Crippen molar-refractivity contribution in [2.45, 2.75) is 45.6 Å². The molecule has 0 bridgehead atoms. The fourth-order valence-corrected chi connectivity index (χ4v) is 3.00. The van der Waals surface area contributed by atoms with E-state index < -0.39 is 5.60 Å². The van der Waals surface area contributed by atoms with Gasteiger partial charge in [0.1, 0.15) is 5.82 Å². The molecule has 1 aromatic heterocycles. The molecule has 1 N–H and O–H groups in total. The largest absolute Gasteiger partial charge is 0.390 e. The molecule has 0 amide bonds. The third-order valence-corrected chi connectivity index (χ3v) is 4.36. The molecule has 1 saturated heterocycles. The first-order chi connectivity index (χ1) is 8.91. The Bertz CT molecular complexity index is 434. The Morgan fingerprint density at radius 1 is 1.42 bits per heavy atom. The predicted molar refractivity (Wildman–Crippen MR) is 79.9 cm³/mol. The second-order valence-corrected chi connectivity index (χ2v) is 6.32. The van der Waals surface area contributed by atoms with Crippen LogP contribution in [0.25, 0.3) is 0 Å². The predicted octanol–water partition coefficient (Wildman–Crippen LogP) is 3.28. The van der Waals surface area contributed by atoms with Gasteiger partial charge in [-0.2, -0.15) is 0 Å². The Morgan fingerprint density at radius 2 is 2.05 bits per heavy atom. The molecule has 0 radical (unpaired) electrons. The first-order valence-electron chi connectivity index (χ1n) is 7.03. The number of halogens is 1. The Balaban J connectivity index is 2.06. The molecule has 1 aromatic rings. The highest BCUT2D eigenvalue weighted by Crippen LogP contribution is 2.32. The lowest BCUT2D eigenvalue weighted by molar-refractivity contribution is 0.00646. The van der Waals surface area contributed by atoms with Crippen LogP contribution < -0.4 is 4.90 Å². The standard InChI is InChI=1S/C15H23ClN2O/c1-4-11-9-13(16)14(17-10-11)18-7-5-12(6-8-18)15(2,3)19/h9-10,12,19H,4-8H2,1-3H3. The molecule has 0 spiro atoms. The summed E-state index contributed by atoms with van der Waals surface area (Å²) in [6.07, 6.45) is 4.82. The molecule has 2 rings (SSSR count). The highest BCUT2D eigenvalue weighted by atomic mass is 35.5. The molecule has 0 unspecified atom stereocenters. The number of pyridine rings is 1. The SMILES string of the molecule is CCc1cnc(N2CCC(C(C)(C)O)CC2)c(Cl)c1. The van der Waals surface area contributed by atoms with Crippen LogP contribution in [-0.2, 0) is 6.42 Å². The van der Waals surface area contributed by atoms with Crippen molar-refractivity contribution in [2.75, 3.05) is 18.0 Å². The van der Waals surface area contributed by atoms with E-state index in [1.165, 1.54) is 5.56 Å². The van der Waals surface area contributed by atoms with Gasteiger partial charge in [-0.1, -0.05) is 18.5 Å². The number of hydrogen-bond donors (Lipinski definition) is 1. The molecular formula is C15H23ClN2O. The minimum atomic E-state index is -0.588. The third-order valence-electron chi connectivity index (χ3n) is 4.08. The van der Waals surface area contributed by atoms with E-state index in [-0.39, 0.29) is 0 Å². The zero-order valence-corrected chi connectivity index (χ0v) is 12.7. The van der Waals surface area contributed by atoms with Gasteiger partial charge in [-0.05, 0) is 50.7 Å². The molecule has 1 fully saturated rings. The lowest BCUT2D eigenvalue weighted by Crippen LogP contribution is -2.42. The van der Waals surface area contributed by atoms with Gasteiger partial charge in [0, 0.05) is 19.3 Å². The van der Waals surface area contributed by atoms with Gasteiger partial charge in [-0.15, -0.1) is 0 Å². The topological polar surface area (TPSA) is 36.4 Å². The molecule has 0 aromatic carbocycles. The number of rotatable bonds is 3. The molecule has 0 atom stereocenters. The van der Waals surface area contributed by atoms with Gasteiger partial charge in [0.2, 0.25) is 0 Å². The molecule has 4 heteroatoms. The Kier molecular flexibility index (Phi) is 4.36. The van der Waals surface area contributed by atoms with Gasteiger partial charge in [-0.3, -0.25) is 0 Å². The van der Waals surface area contributed by atoms with Crippen molar-refractivity contribution in [1.29, 1.82) is 0 Å². The fourth-order valence-electron chi connectivity index (χ4n) is 2.69. The van der Waals surface area contributed by atoms with Crippen molar-refractivity contribution in [1.82, 2.24) is 4.98 Å². The van der Waals surface area contributed by atoms with Crippen molar-refractivity contribution in [3.05, 3.63) is 22.8 Å². The van der Waals surface area contributed by atoms with Crippen LogP contribution in [0.4, 0.5) is 5.82 Å². The summed E-state index contributed by atoms with van der Waals surface area (Å²) >= 11 is 6.31. The van der Waals surface area contributed by atoms with Gasteiger partial charge in [0.15, 0.2) is 0 Å². The minimum absolute atomic E-state index is 0.359. The van der Waals surface area contributed by atoms with Gasteiger partial charge < -0.3 is 10.0 Å². The highest BCUT2D eigenvalue weighted by molar-refractivity contribution is 6.33. The first-order valence-corrected chi connectivity index (χ1v) is 7.41. The van der Waals surface area contributed by atoms with E-state index in [0.29, 0.717) is 5.92 Å². The molecule has 19 heavy (non-hydrogen) atoms. The number of piperidine rings is 1. The van der Waals surface area contributed by atoms with Crippen molar-refractivity contribution in [2.24, 2.45) is 5.92 Å². The fraction of sp³-hybridized carbons (Fsp3) is 0.667. The number of hydrogen-bond acceptors (Lipinski definition) is 3. The highest BCUT2D eigenvalue weighted by Gasteiger charge is 2.31. The summed E-state index contributed by atoms with van der Waals surface area (Å²) in [5, 5.41) is 10.8. The van der Waals surface area contributed by atoms with Gasteiger partial charge >= 0.3 is 0 Å². The first kappa shape index (κ1) is 14.6. The van der Waals surface area contributed by atoms with E-state index >= 15 is 0 Å². The van der Waals surface area contributed by atoms with E-state index in [1.54, 1.807) is 0 Å². The van der Waals surface area contributed by atoms with E-state index in [0.717, 1.165) is 43.2 Å². The van der Waals surface area contributed by atoms with Crippen LogP contribution >= 0.6 is 11.6 Å². The number of aromatic nitrogens is 1. The van der Waals surface area contributed by atoms with E-state index in [9.17, 15) is 5.11 Å². The number of nitrogens with zero attached hydrogens (tertiary/aromatic N) is 2. The summed E-state index contributed by atoms with van der Waals surface area (Å²) in [6.45, 7) is 7.71. The van der Waals surface area contributed by atoms with Crippen LogP contribution in [0.15, 0.2) is 12.3 Å². The molecular weight excluding hydrogens is 260 g/mol. The molecule has 106 valence electrons.